The second-order valence-corrected chi connectivity index (χ2v) is 25.4. The van der Waals surface area contributed by atoms with Gasteiger partial charge >= 0.3 is 0 Å². The number of piperidine rings is 2. The smallest absolute Gasteiger partial charge is 0.222 e. The number of halogens is 5. The lowest BCUT2D eigenvalue weighted by atomic mass is 9.90. The average Bonchev–Trinajstić information content (AvgIpc) is 1.95. The molecule has 87 heavy (non-hydrogen) atoms. The van der Waals surface area contributed by atoms with Gasteiger partial charge in [-0.2, -0.15) is 0 Å². The van der Waals surface area contributed by atoms with Gasteiger partial charge in [0.25, 0.3) is 0 Å². The molecule has 2 N–H and O–H groups in total. The van der Waals surface area contributed by atoms with Crippen LogP contribution in [0.3, 0.4) is 0 Å². The van der Waals surface area contributed by atoms with E-state index >= 15 is 8.78 Å². The van der Waals surface area contributed by atoms with E-state index in [0.717, 1.165) is 137 Å². The van der Waals surface area contributed by atoms with Gasteiger partial charge in [-0.1, -0.05) is 0 Å². The summed E-state index contributed by atoms with van der Waals surface area (Å²) in [5, 5.41) is 0.329. The molecule has 10 heterocycles. The van der Waals surface area contributed by atoms with Gasteiger partial charge in [0, 0.05) is 142 Å². The van der Waals surface area contributed by atoms with Crippen molar-refractivity contribution in [3.63, 3.8) is 0 Å². The predicted molar refractivity (Wildman–Crippen MR) is 328 cm³/mol. The van der Waals surface area contributed by atoms with Crippen LogP contribution in [-0.2, 0) is 29.0 Å². The minimum atomic E-state index is -0.541. The van der Waals surface area contributed by atoms with Gasteiger partial charge in [0.05, 0.1) is 56.3 Å². The van der Waals surface area contributed by atoms with Crippen molar-refractivity contribution in [1.82, 2.24) is 68.6 Å². The van der Waals surface area contributed by atoms with Crippen LogP contribution in [0.25, 0.3) is 44.3 Å². The van der Waals surface area contributed by atoms with E-state index in [4.69, 9.17) is 26.8 Å². The first kappa shape index (κ1) is 60.7. The lowest BCUT2D eigenvalue weighted by Crippen LogP contribution is -2.55. The van der Waals surface area contributed by atoms with Crippen LogP contribution in [0.15, 0.2) is 73.6 Å². The largest absolute Gasteiger partial charge is 0.384 e. The van der Waals surface area contributed by atoms with E-state index in [1.807, 2.05) is 81.5 Å². The Balaban J connectivity index is 0.000000141. The number of morpholine rings is 2. The molecule has 4 bridgehead atoms. The Labute approximate surface area is 510 Å². The van der Waals surface area contributed by atoms with Crippen molar-refractivity contribution in [3.8, 4) is 22.3 Å². The number of imidazole rings is 2. The third-order valence-electron chi connectivity index (χ3n) is 18.5. The molecule has 460 valence electrons. The van der Waals surface area contributed by atoms with E-state index in [-0.39, 0.29) is 29.0 Å². The van der Waals surface area contributed by atoms with Crippen LogP contribution in [0, 0.1) is 60.8 Å². The molecule has 17 nitrogen and oxygen atoms in total. The third-order valence-corrected chi connectivity index (χ3v) is 18.7. The van der Waals surface area contributed by atoms with E-state index in [0.29, 0.717) is 62.5 Å². The Morgan fingerprint density at radius 2 is 0.943 bits per heavy atom. The summed E-state index contributed by atoms with van der Waals surface area (Å²) in [6.45, 7) is 26.0. The third kappa shape index (κ3) is 13.3. The number of fused-ring (bicyclic) bond motifs is 6. The van der Waals surface area contributed by atoms with Crippen LogP contribution in [-0.4, -0.2) is 159 Å². The Hall–Kier alpha value is -6.59. The molecule has 14 rings (SSSR count). The standard InChI is InChI=1S/C33H39F2N7O.C16H23ClN4O.C16H16F2N4/c1-20(2)42-21(3)39-32-28(34)10-25(11-30(32)42)27-12-26(36-16-29(27)35)13-31-37-14-22(15-38-31)17-40-18-23-4-5-24(19-40)33(23)41-6-8-43-9-7-41;17-16-18-7-12(8-19-16)9-20-10-13-1-2-14(11-20)15(13)21-3-5-22-6-4-21;1-8(2)22-9(3)21-16-12(17)4-10(5-14(16)22)11-6-15(19)20-7-13(11)18/h10-12,14-16,20,23-24,33H,4-9,13,17-19H2,1-3H3;7-8,13-15H,1-6,9-11H2;4-8H,1-3H3,(H2,19,20). The van der Waals surface area contributed by atoms with Crippen LogP contribution in [0.5, 0.6) is 0 Å². The van der Waals surface area contributed by atoms with E-state index in [1.165, 1.54) is 63.2 Å². The van der Waals surface area contributed by atoms with Crippen LogP contribution in [0.1, 0.15) is 99.8 Å². The number of pyridine rings is 2. The fraction of sp³-hybridized carbons (Fsp3) is 0.508. The van der Waals surface area contributed by atoms with Crippen molar-refractivity contribution < 1.29 is 27.0 Å². The summed E-state index contributed by atoms with van der Waals surface area (Å²) in [6, 6.07) is 10.9. The van der Waals surface area contributed by atoms with Crippen LogP contribution in [0.2, 0.25) is 5.28 Å². The lowest BCUT2D eigenvalue weighted by Gasteiger charge is -2.45. The number of aromatic nitrogens is 10. The summed E-state index contributed by atoms with van der Waals surface area (Å²) < 4.78 is 73.4. The fourth-order valence-electron chi connectivity index (χ4n) is 15.1. The van der Waals surface area contributed by atoms with Crippen LogP contribution in [0.4, 0.5) is 23.4 Å². The number of nitrogens with two attached hydrogens (primary N) is 1. The first-order valence-electron chi connectivity index (χ1n) is 30.8. The monoisotopic (exact) mass is 1210 g/mol. The molecule has 4 unspecified atom stereocenters. The Bertz CT molecular complexity index is 3680. The zero-order chi connectivity index (χ0) is 60.6. The first-order chi connectivity index (χ1) is 42.0. The maximum absolute atomic E-state index is 15.1. The van der Waals surface area contributed by atoms with Gasteiger partial charge < -0.3 is 24.3 Å². The number of hydrogen-bond acceptors (Lipinski definition) is 15. The minimum absolute atomic E-state index is 0.0923. The summed E-state index contributed by atoms with van der Waals surface area (Å²) in [5.41, 5.74) is 11.8. The van der Waals surface area contributed by atoms with Crippen molar-refractivity contribution in [2.75, 3.05) is 84.5 Å². The summed E-state index contributed by atoms with van der Waals surface area (Å²) >= 11 is 5.76. The Morgan fingerprint density at radius 1 is 0.529 bits per heavy atom. The number of hydrogen-bond donors (Lipinski definition) is 1. The molecule has 2 aromatic carbocycles. The molecular weight excluding hydrogens is 1130 g/mol. The molecule has 6 aromatic heterocycles. The average molecular weight is 1210 g/mol. The number of likely N-dealkylation sites (tertiary alicyclic amines) is 2. The van der Waals surface area contributed by atoms with Gasteiger partial charge in [0.1, 0.15) is 46.0 Å². The second-order valence-electron chi connectivity index (χ2n) is 25.0. The van der Waals surface area contributed by atoms with Crippen molar-refractivity contribution in [2.45, 2.75) is 111 Å². The highest BCUT2D eigenvalue weighted by atomic mass is 35.5. The minimum Gasteiger partial charge on any atom is -0.384 e. The number of rotatable bonds is 12. The number of ether oxygens (including phenoxy) is 2. The first-order valence-corrected chi connectivity index (χ1v) is 31.2. The van der Waals surface area contributed by atoms with Crippen molar-refractivity contribution in [2.24, 2.45) is 23.7 Å². The Morgan fingerprint density at radius 3 is 1.38 bits per heavy atom. The summed E-state index contributed by atoms with van der Waals surface area (Å²) in [4.78, 5) is 44.6. The molecule has 0 spiro atoms. The zero-order valence-electron chi connectivity index (χ0n) is 50.5. The Kier molecular flexibility index (Phi) is 18.3. The number of nitrogen functional groups attached to an aromatic ring is 1. The highest BCUT2D eigenvalue weighted by Crippen LogP contribution is 2.43. The molecule has 4 saturated heterocycles. The number of aryl methyl sites for hydroxylation is 2. The highest BCUT2D eigenvalue weighted by molar-refractivity contribution is 6.28. The van der Waals surface area contributed by atoms with Crippen molar-refractivity contribution >= 4 is 39.5 Å². The maximum atomic E-state index is 15.1. The van der Waals surface area contributed by atoms with Crippen LogP contribution >= 0.6 is 11.6 Å². The van der Waals surface area contributed by atoms with Gasteiger partial charge in [0.15, 0.2) is 11.6 Å². The van der Waals surface area contributed by atoms with E-state index in [2.05, 4.69) is 59.5 Å². The molecular formula is C65H78ClF4N15O2. The highest BCUT2D eigenvalue weighted by Gasteiger charge is 2.46. The molecule has 0 radical (unpaired) electrons. The fourth-order valence-corrected chi connectivity index (χ4v) is 15.2. The molecule has 4 atom stereocenters. The van der Waals surface area contributed by atoms with Crippen molar-refractivity contribution in [1.29, 1.82) is 0 Å². The topological polar surface area (TPSA) is 170 Å². The quantitative estimate of drug-likeness (QED) is 0.0905. The molecule has 2 saturated carbocycles. The van der Waals surface area contributed by atoms with Crippen molar-refractivity contribution in [3.05, 3.63) is 136 Å². The normalized spacial score (nSPS) is 22.7. The molecule has 0 amide bonds. The van der Waals surface area contributed by atoms with E-state index in [9.17, 15) is 8.78 Å². The van der Waals surface area contributed by atoms with Gasteiger partial charge in [-0.3, -0.25) is 24.6 Å². The molecule has 4 aliphatic heterocycles. The number of nitrogens with zero attached hydrogens (tertiary/aromatic N) is 14. The molecule has 6 fully saturated rings. The SMILES string of the molecule is Cc1nc2c(F)cc(-c3cc(Cc4ncc(CN5CC6CCC(C5)C6N5CCOCC5)cn4)ncc3F)cc2n1C(C)C.Cc1nc2c(F)cc(-c3cc(N)ncc3F)cc2n1C(C)C.Clc1ncc(CN2CC3CCC(C2)C3N2CCOCC2)cn1. The van der Waals surface area contributed by atoms with Gasteiger partial charge in [-0.25, -0.2) is 52.4 Å². The molecule has 22 heteroatoms. The number of anilines is 1. The molecule has 6 aliphatic rings. The summed E-state index contributed by atoms with van der Waals surface area (Å²) in [6.07, 6.45) is 15.5. The van der Waals surface area contributed by atoms with Gasteiger partial charge in [-0.05, 0) is 150 Å². The van der Waals surface area contributed by atoms with Gasteiger partial charge in [0.2, 0.25) is 5.28 Å². The molecule has 2 aliphatic carbocycles. The van der Waals surface area contributed by atoms with E-state index in [1.54, 1.807) is 12.1 Å². The van der Waals surface area contributed by atoms with Crippen LogP contribution < -0.4 is 5.73 Å². The summed E-state index contributed by atoms with van der Waals surface area (Å²) in [7, 11) is 0. The maximum Gasteiger partial charge on any atom is 0.222 e. The van der Waals surface area contributed by atoms with Gasteiger partial charge in [-0.15, -0.1) is 0 Å². The molecule has 8 aromatic rings. The van der Waals surface area contributed by atoms with E-state index < -0.39 is 23.3 Å². The zero-order valence-corrected chi connectivity index (χ0v) is 51.3. The predicted octanol–water partition coefficient (Wildman–Crippen LogP) is 10.7. The lowest BCUT2D eigenvalue weighted by molar-refractivity contribution is -0.0256. The summed E-state index contributed by atoms with van der Waals surface area (Å²) in [5.74, 6) is 3.32. The second kappa shape index (κ2) is 26.2. The number of benzene rings is 2.